The highest BCUT2D eigenvalue weighted by Gasteiger charge is 2.19. The Morgan fingerprint density at radius 1 is 0.395 bits per heavy atom. The molecule has 0 aliphatic heterocycles. The Hall–Kier alpha value is -5.80. The number of para-hydroxylation sites is 1. The van der Waals surface area contributed by atoms with Crippen LogP contribution in [0.3, 0.4) is 0 Å². The molecule has 2 aromatic heterocycles. The quantitative estimate of drug-likeness (QED) is 0.220. The molecule has 0 spiro atoms. The molecule has 0 saturated heterocycles. The summed E-state index contributed by atoms with van der Waals surface area (Å²) in [5.41, 5.74) is 7.46. The second kappa shape index (κ2) is 9.37. The molecular formula is C40H25N3. The Morgan fingerprint density at radius 2 is 1.09 bits per heavy atom. The number of nitrogens with zero attached hydrogens (tertiary/aromatic N) is 3. The summed E-state index contributed by atoms with van der Waals surface area (Å²) >= 11 is 0. The molecule has 0 atom stereocenters. The van der Waals surface area contributed by atoms with Gasteiger partial charge in [-0.1, -0.05) is 121 Å². The number of benzene rings is 7. The summed E-state index contributed by atoms with van der Waals surface area (Å²) in [7, 11) is 0. The summed E-state index contributed by atoms with van der Waals surface area (Å²) in [5.74, 6) is 0.671. The van der Waals surface area contributed by atoms with Crippen molar-refractivity contribution >= 4 is 54.3 Å². The minimum Gasteiger partial charge on any atom is -0.278 e. The Balaban J connectivity index is 1.40. The second-order valence-corrected chi connectivity index (χ2v) is 11.1. The average Bonchev–Trinajstić information content (AvgIpc) is 3.40. The van der Waals surface area contributed by atoms with Crippen molar-refractivity contribution in [1.29, 1.82) is 0 Å². The maximum Gasteiger partial charge on any atom is 0.235 e. The van der Waals surface area contributed by atoms with Crippen molar-refractivity contribution in [2.45, 2.75) is 0 Å². The van der Waals surface area contributed by atoms with Crippen LogP contribution in [0.5, 0.6) is 0 Å². The molecule has 0 unspecified atom stereocenters. The third-order valence-corrected chi connectivity index (χ3v) is 8.58. The van der Waals surface area contributed by atoms with Gasteiger partial charge in [0.25, 0.3) is 0 Å². The molecule has 0 fully saturated rings. The average molecular weight is 548 g/mol. The van der Waals surface area contributed by atoms with Crippen LogP contribution in [0.1, 0.15) is 0 Å². The molecule has 43 heavy (non-hydrogen) atoms. The standard InChI is InChI=1S/C40H25N3/c1-2-11-26(12-3-1)30-21-22-36-35(24-30)39(33-19-10-16-27-13-6-7-17-31(27)33)42-40(41-36)43-37-20-9-8-18-32(37)34-23-28-14-4-5-15-29(28)25-38(34)43/h1-25H. The van der Waals surface area contributed by atoms with E-state index in [0.717, 1.165) is 38.8 Å². The zero-order chi connectivity index (χ0) is 28.3. The van der Waals surface area contributed by atoms with Crippen LogP contribution in [-0.2, 0) is 0 Å². The second-order valence-electron chi connectivity index (χ2n) is 11.1. The van der Waals surface area contributed by atoms with Crippen LogP contribution in [-0.4, -0.2) is 14.5 Å². The number of rotatable bonds is 3. The van der Waals surface area contributed by atoms with E-state index in [1.807, 2.05) is 0 Å². The number of hydrogen-bond acceptors (Lipinski definition) is 2. The maximum absolute atomic E-state index is 5.43. The van der Waals surface area contributed by atoms with Crippen molar-refractivity contribution in [2.24, 2.45) is 0 Å². The first-order chi connectivity index (χ1) is 21.3. The molecule has 2 heterocycles. The molecule has 3 nitrogen and oxygen atoms in total. The SMILES string of the molecule is c1ccc(-c2ccc3nc(-n4c5ccccc5c5cc6ccccc6cc54)nc(-c4cccc5ccccc45)c3c2)cc1. The molecule has 0 aliphatic carbocycles. The van der Waals surface area contributed by atoms with E-state index in [4.69, 9.17) is 9.97 Å². The molecule has 0 bridgehead atoms. The van der Waals surface area contributed by atoms with E-state index < -0.39 is 0 Å². The van der Waals surface area contributed by atoms with Gasteiger partial charge in [-0.25, -0.2) is 9.97 Å². The minimum absolute atomic E-state index is 0.671. The van der Waals surface area contributed by atoms with Crippen molar-refractivity contribution in [1.82, 2.24) is 14.5 Å². The lowest BCUT2D eigenvalue weighted by atomic mass is 9.97. The van der Waals surface area contributed by atoms with Crippen molar-refractivity contribution in [3.05, 3.63) is 152 Å². The zero-order valence-electron chi connectivity index (χ0n) is 23.3. The van der Waals surface area contributed by atoms with Gasteiger partial charge in [-0.05, 0) is 63.0 Å². The van der Waals surface area contributed by atoms with Gasteiger partial charge < -0.3 is 0 Å². The summed E-state index contributed by atoms with van der Waals surface area (Å²) in [6.45, 7) is 0. The number of fused-ring (bicyclic) bond motifs is 6. The molecular weight excluding hydrogens is 522 g/mol. The van der Waals surface area contributed by atoms with Crippen LogP contribution in [0.25, 0.3) is 82.6 Å². The molecule has 0 radical (unpaired) electrons. The van der Waals surface area contributed by atoms with Gasteiger partial charge in [-0.2, -0.15) is 0 Å². The molecule has 0 amide bonds. The van der Waals surface area contributed by atoms with Crippen molar-refractivity contribution < 1.29 is 0 Å². The fourth-order valence-corrected chi connectivity index (χ4v) is 6.53. The van der Waals surface area contributed by atoms with Crippen LogP contribution in [0.15, 0.2) is 152 Å². The van der Waals surface area contributed by atoms with Crippen LogP contribution >= 0.6 is 0 Å². The first-order valence-electron chi connectivity index (χ1n) is 14.6. The largest absolute Gasteiger partial charge is 0.278 e. The van der Waals surface area contributed by atoms with E-state index in [9.17, 15) is 0 Å². The number of hydrogen-bond donors (Lipinski definition) is 0. The predicted molar refractivity (Wildman–Crippen MR) is 180 cm³/mol. The third-order valence-electron chi connectivity index (χ3n) is 8.58. The van der Waals surface area contributed by atoms with Gasteiger partial charge in [-0.15, -0.1) is 0 Å². The van der Waals surface area contributed by atoms with Gasteiger partial charge in [0, 0.05) is 21.7 Å². The fraction of sp³-hybridized carbons (Fsp3) is 0. The van der Waals surface area contributed by atoms with Gasteiger partial charge in [0.15, 0.2) is 0 Å². The lowest BCUT2D eigenvalue weighted by Crippen LogP contribution is -2.04. The van der Waals surface area contributed by atoms with Crippen molar-refractivity contribution in [3.63, 3.8) is 0 Å². The monoisotopic (exact) mass is 547 g/mol. The summed E-state index contributed by atoms with van der Waals surface area (Å²) < 4.78 is 2.23. The Labute approximate surface area is 248 Å². The lowest BCUT2D eigenvalue weighted by Gasteiger charge is -2.14. The van der Waals surface area contributed by atoms with Gasteiger partial charge in [0.2, 0.25) is 5.95 Å². The highest BCUT2D eigenvalue weighted by molar-refractivity contribution is 6.13. The van der Waals surface area contributed by atoms with E-state index in [1.54, 1.807) is 0 Å². The van der Waals surface area contributed by atoms with E-state index in [1.165, 1.54) is 37.9 Å². The van der Waals surface area contributed by atoms with Crippen molar-refractivity contribution in [2.75, 3.05) is 0 Å². The molecule has 7 aromatic carbocycles. The Bertz CT molecular complexity index is 2500. The van der Waals surface area contributed by atoms with Crippen LogP contribution in [0.4, 0.5) is 0 Å². The first kappa shape index (κ1) is 23.9. The summed E-state index contributed by atoms with van der Waals surface area (Å²) in [6, 6.07) is 53.7. The molecule has 3 heteroatoms. The van der Waals surface area contributed by atoms with Crippen molar-refractivity contribution in [3.8, 4) is 28.3 Å². The summed E-state index contributed by atoms with van der Waals surface area (Å²) in [5, 5.41) is 8.21. The molecule has 0 saturated carbocycles. The van der Waals surface area contributed by atoms with E-state index in [0.29, 0.717) is 5.95 Å². The molecule has 0 N–H and O–H groups in total. The van der Waals surface area contributed by atoms with E-state index >= 15 is 0 Å². The van der Waals surface area contributed by atoms with Crippen LogP contribution < -0.4 is 0 Å². The molecule has 9 aromatic rings. The fourth-order valence-electron chi connectivity index (χ4n) is 6.53. The smallest absolute Gasteiger partial charge is 0.235 e. The normalized spacial score (nSPS) is 11.7. The zero-order valence-corrected chi connectivity index (χ0v) is 23.3. The molecule has 9 rings (SSSR count). The molecule has 200 valence electrons. The topological polar surface area (TPSA) is 30.7 Å². The summed E-state index contributed by atoms with van der Waals surface area (Å²) in [6.07, 6.45) is 0. The predicted octanol–water partition coefficient (Wildman–Crippen LogP) is 10.4. The van der Waals surface area contributed by atoms with E-state index in [-0.39, 0.29) is 0 Å². The highest BCUT2D eigenvalue weighted by Crippen LogP contribution is 2.38. The molecule has 0 aliphatic rings. The minimum atomic E-state index is 0.671. The number of aromatic nitrogens is 3. The van der Waals surface area contributed by atoms with Crippen LogP contribution in [0.2, 0.25) is 0 Å². The Morgan fingerprint density at radius 3 is 1.95 bits per heavy atom. The van der Waals surface area contributed by atoms with Gasteiger partial charge >= 0.3 is 0 Å². The Kier molecular flexibility index (Phi) is 5.20. The maximum atomic E-state index is 5.43. The van der Waals surface area contributed by atoms with Crippen LogP contribution in [0, 0.1) is 0 Å². The van der Waals surface area contributed by atoms with Gasteiger partial charge in [-0.3, -0.25) is 4.57 Å². The highest BCUT2D eigenvalue weighted by atomic mass is 15.2. The lowest BCUT2D eigenvalue weighted by molar-refractivity contribution is 1.01. The first-order valence-corrected chi connectivity index (χ1v) is 14.6. The summed E-state index contributed by atoms with van der Waals surface area (Å²) in [4.78, 5) is 10.7. The third kappa shape index (κ3) is 3.75. The van der Waals surface area contributed by atoms with E-state index in [2.05, 4.69) is 156 Å². The van der Waals surface area contributed by atoms with Gasteiger partial charge in [0.1, 0.15) is 0 Å². The van der Waals surface area contributed by atoms with Gasteiger partial charge in [0.05, 0.1) is 22.2 Å².